The summed E-state index contributed by atoms with van der Waals surface area (Å²) in [6, 6.07) is 8.39. The van der Waals surface area contributed by atoms with Gasteiger partial charge in [0.1, 0.15) is 24.0 Å². The van der Waals surface area contributed by atoms with E-state index in [0.717, 1.165) is 11.0 Å². The molecule has 0 saturated carbocycles. The Kier molecular flexibility index (Phi) is 4.63. The van der Waals surface area contributed by atoms with Crippen LogP contribution in [0, 0.1) is 0 Å². The zero-order chi connectivity index (χ0) is 18.0. The van der Waals surface area contributed by atoms with Crippen molar-refractivity contribution < 1.29 is 23.8 Å². The fourth-order valence-electron chi connectivity index (χ4n) is 2.81. The molecule has 0 amide bonds. The number of carbonyl (C=O) groups excluding carboxylic acids is 1. The molecule has 3 rings (SSSR count). The summed E-state index contributed by atoms with van der Waals surface area (Å²) in [4.78, 5) is 22.7. The van der Waals surface area contributed by atoms with Gasteiger partial charge in [0.15, 0.2) is 5.60 Å². The van der Waals surface area contributed by atoms with E-state index in [1.165, 1.54) is 13.0 Å². The Bertz CT molecular complexity index is 877. The van der Waals surface area contributed by atoms with E-state index in [1.54, 1.807) is 18.2 Å². The molecule has 1 unspecified atom stereocenters. The normalized spacial score (nSPS) is 23.7. The first-order valence-electron chi connectivity index (χ1n) is 8.09. The molecule has 0 radical (unpaired) electrons. The molecular formula is C19H20O6. The number of rotatable bonds is 5. The minimum atomic E-state index is -1.39. The van der Waals surface area contributed by atoms with Crippen molar-refractivity contribution in [3.63, 3.8) is 0 Å². The van der Waals surface area contributed by atoms with Crippen LogP contribution in [0.25, 0.3) is 11.0 Å². The third kappa shape index (κ3) is 4.09. The van der Waals surface area contributed by atoms with Crippen molar-refractivity contribution >= 4 is 16.9 Å². The van der Waals surface area contributed by atoms with Crippen LogP contribution in [0.2, 0.25) is 0 Å². The lowest BCUT2D eigenvalue weighted by Crippen LogP contribution is -2.29. The monoisotopic (exact) mass is 344 g/mol. The van der Waals surface area contributed by atoms with Crippen LogP contribution in [0.5, 0.6) is 5.75 Å². The van der Waals surface area contributed by atoms with Crippen LogP contribution in [0.3, 0.4) is 0 Å². The second-order valence-electron chi connectivity index (χ2n) is 6.52. The number of aliphatic hydroxyl groups is 1. The Labute approximate surface area is 144 Å². The lowest BCUT2D eigenvalue weighted by atomic mass is 9.99. The highest BCUT2D eigenvalue weighted by atomic mass is 16.6. The van der Waals surface area contributed by atoms with Gasteiger partial charge in [-0.2, -0.15) is 0 Å². The number of ether oxygens (including phenoxy) is 2. The standard InChI is InChI=1S/C19H20O6/c1-12(9-15-11-19(2,22)18(21)24-15)7-8-23-14-5-3-13-4-6-17(20)25-16(13)10-14/h3-7,10,15,22H,8-9,11H2,1-2H3/b12-7+/t15?,19-/m1/s1. The highest BCUT2D eigenvalue weighted by Gasteiger charge is 2.43. The molecule has 1 aliphatic rings. The Hall–Kier alpha value is -2.60. The molecule has 25 heavy (non-hydrogen) atoms. The smallest absolute Gasteiger partial charge is 0.338 e. The van der Waals surface area contributed by atoms with Gasteiger partial charge in [-0.3, -0.25) is 0 Å². The summed E-state index contributed by atoms with van der Waals surface area (Å²) in [7, 11) is 0. The zero-order valence-corrected chi connectivity index (χ0v) is 14.2. The van der Waals surface area contributed by atoms with Gasteiger partial charge in [-0.15, -0.1) is 0 Å². The maximum atomic E-state index is 11.5. The molecule has 1 fully saturated rings. The van der Waals surface area contributed by atoms with E-state index >= 15 is 0 Å². The van der Waals surface area contributed by atoms with Gasteiger partial charge in [0, 0.05) is 30.4 Å². The van der Waals surface area contributed by atoms with Crippen LogP contribution in [0.1, 0.15) is 26.7 Å². The maximum Gasteiger partial charge on any atom is 0.338 e. The molecule has 1 N–H and O–H groups in total. The fourth-order valence-corrected chi connectivity index (χ4v) is 2.81. The summed E-state index contributed by atoms with van der Waals surface area (Å²) < 4.78 is 15.9. The van der Waals surface area contributed by atoms with Crippen molar-refractivity contribution in [1.29, 1.82) is 0 Å². The number of cyclic esters (lactones) is 1. The van der Waals surface area contributed by atoms with Gasteiger partial charge < -0.3 is 19.0 Å². The quantitative estimate of drug-likeness (QED) is 0.510. The average molecular weight is 344 g/mol. The van der Waals surface area contributed by atoms with E-state index in [4.69, 9.17) is 13.9 Å². The van der Waals surface area contributed by atoms with E-state index < -0.39 is 17.2 Å². The molecule has 1 aliphatic heterocycles. The number of esters is 1. The van der Waals surface area contributed by atoms with Gasteiger partial charge in [-0.1, -0.05) is 5.57 Å². The van der Waals surface area contributed by atoms with Crippen LogP contribution in [-0.2, 0) is 9.53 Å². The summed E-state index contributed by atoms with van der Waals surface area (Å²) in [5.41, 5.74) is -0.313. The fraction of sp³-hybridized carbons (Fsp3) is 0.368. The Morgan fingerprint density at radius 2 is 2.12 bits per heavy atom. The number of hydrogen-bond acceptors (Lipinski definition) is 6. The van der Waals surface area contributed by atoms with Crippen molar-refractivity contribution in [1.82, 2.24) is 0 Å². The Balaban J connectivity index is 1.57. The first-order valence-corrected chi connectivity index (χ1v) is 8.09. The summed E-state index contributed by atoms with van der Waals surface area (Å²) >= 11 is 0. The van der Waals surface area contributed by atoms with Crippen molar-refractivity contribution in [2.24, 2.45) is 0 Å². The molecule has 2 aromatic rings. The summed E-state index contributed by atoms with van der Waals surface area (Å²) in [6.45, 7) is 3.73. The predicted octanol–water partition coefficient (Wildman–Crippen LogP) is 2.57. The maximum absolute atomic E-state index is 11.5. The molecule has 1 saturated heterocycles. The molecular weight excluding hydrogens is 324 g/mol. The van der Waals surface area contributed by atoms with Crippen molar-refractivity contribution in [3.05, 3.63) is 52.4 Å². The van der Waals surface area contributed by atoms with Gasteiger partial charge >= 0.3 is 11.6 Å². The van der Waals surface area contributed by atoms with E-state index in [1.807, 2.05) is 19.1 Å². The minimum Gasteiger partial charge on any atom is -0.489 e. The first kappa shape index (κ1) is 17.2. The van der Waals surface area contributed by atoms with Gasteiger partial charge in [-0.25, -0.2) is 9.59 Å². The first-order chi connectivity index (χ1) is 11.8. The van der Waals surface area contributed by atoms with Gasteiger partial charge in [0.2, 0.25) is 0 Å². The van der Waals surface area contributed by atoms with E-state index in [2.05, 4.69) is 0 Å². The van der Waals surface area contributed by atoms with Crippen molar-refractivity contribution in [3.8, 4) is 5.75 Å². The van der Waals surface area contributed by atoms with Crippen LogP contribution in [-0.4, -0.2) is 29.4 Å². The van der Waals surface area contributed by atoms with Gasteiger partial charge in [0.05, 0.1) is 0 Å². The average Bonchev–Trinajstić information content (AvgIpc) is 2.78. The molecule has 0 bridgehead atoms. The third-order valence-corrected chi connectivity index (χ3v) is 4.16. The van der Waals surface area contributed by atoms with Crippen LogP contribution < -0.4 is 10.4 Å². The zero-order valence-electron chi connectivity index (χ0n) is 14.2. The third-order valence-electron chi connectivity index (χ3n) is 4.16. The molecule has 6 heteroatoms. The van der Waals surface area contributed by atoms with Gasteiger partial charge in [0.25, 0.3) is 0 Å². The second-order valence-corrected chi connectivity index (χ2v) is 6.52. The van der Waals surface area contributed by atoms with Crippen molar-refractivity contribution in [2.75, 3.05) is 6.61 Å². The molecule has 0 aliphatic carbocycles. The highest BCUT2D eigenvalue weighted by molar-refractivity contribution is 5.81. The largest absolute Gasteiger partial charge is 0.489 e. The predicted molar refractivity (Wildman–Crippen MR) is 91.5 cm³/mol. The topological polar surface area (TPSA) is 86.0 Å². The van der Waals surface area contributed by atoms with Crippen molar-refractivity contribution in [2.45, 2.75) is 38.4 Å². The SMILES string of the molecule is C/C(=C\COc1ccc2ccc(=O)oc2c1)CC1C[C@@](C)(O)C(=O)O1. The molecule has 0 spiro atoms. The number of benzene rings is 1. The Morgan fingerprint density at radius 3 is 2.84 bits per heavy atom. The van der Waals surface area contributed by atoms with E-state index in [0.29, 0.717) is 30.8 Å². The molecule has 1 aromatic heterocycles. The van der Waals surface area contributed by atoms with Crippen LogP contribution in [0.15, 0.2) is 51.2 Å². The lowest BCUT2D eigenvalue weighted by Gasteiger charge is -2.10. The highest BCUT2D eigenvalue weighted by Crippen LogP contribution is 2.28. The van der Waals surface area contributed by atoms with Gasteiger partial charge in [-0.05, 0) is 38.1 Å². The molecule has 2 atom stereocenters. The molecule has 2 heterocycles. The van der Waals surface area contributed by atoms with E-state index in [9.17, 15) is 14.7 Å². The van der Waals surface area contributed by atoms with Crippen LogP contribution in [0.4, 0.5) is 0 Å². The second kappa shape index (κ2) is 6.72. The summed E-state index contributed by atoms with van der Waals surface area (Å²) in [5.74, 6) is 0.0281. The number of fused-ring (bicyclic) bond motifs is 1. The molecule has 1 aromatic carbocycles. The number of hydrogen-bond donors (Lipinski definition) is 1. The number of carbonyl (C=O) groups is 1. The summed E-state index contributed by atoms with van der Waals surface area (Å²) in [6.07, 6.45) is 2.43. The summed E-state index contributed by atoms with van der Waals surface area (Å²) in [5, 5.41) is 10.7. The Morgan fingerprint density at radius 1 is 1.36 bits per heavy atom. The van der Waals surface area contributed by atoms with Crippen LogP contribution >= 0.6 is 0 Å². The van der Waals surface area contributed by atoms with E-state index in [-0.39, 0.29) is 6.10 Å². The lowest BCUT2D eigenvalue weighted by molar-refractivity contribution is -0.153. The molecule has 6 nitrogen and oxygen atoms in total. The minimum absolute atomic E-state index is 0.293. The molecule has 132 valence electrons.